The van der Waals surface area contributed by atoms with E-state index in [-0.39, 0.29) is 0 Å². The van der Waals surface area contributed by atoms with Crippen molar-refractivity contribution in [2.45, 2.75) is 0 Å². The third-order valence-electron chi connectivity index (χ3n) is 2.42. The van der Waals surface area contributed by atoms with Crippen LogP contribution in [-0.4, -0.2) is 13.2 Å². The Morgan fingerprint density at radius 1 is 1.00 bits per heavy atom. The van der Waals surface area contributed by atoms with Crippen LogP contribution in [0.25, 0.3) is 0 Å². The largest absolute Gasteiger partial charge is 0.497 e. The lowest BCUT2D eigenvalue weighted by Crippen LogP contribution is -2.32. The van der Waals surface area contributed by atoms with E-state index in [2.05, 4.69) is 10.9 Å². The molecule has 0 fully saturated rings. The van der Waals surface area contributed by atoms with Crippen LogP contribution in [0.1, 0.15) is 0 Å². The molecule has 0 bridgehead atoms. The molecular weight excluding hydrogens is 280 g/mol. The minimum atomic E-state index is -0.622. The number of methoxy groups -OCH3 is 1. The maximum atomic E-state index is 11.5. The molecule has 2 aromatic rings. The van der Waals surface area contributed by atoms with Crippen LogP contribution >= 0.6 is 11.6 Å². The van der Waals surface area contributed by atoms with E-state index in [9.17, 15) is 4.79 Å². The van der Waals surface area contributed by atoms with Crippen molar-refractivity contribution in [3.05, 3.63) is 53.6 Å². The van der Waals surface area contributed by atoms with Crippen LogP contribution in [0.2, 0.25) is 5.02 Å². The van der Waals surface area contributed by atoms with Crippen LogP contribution in [0.3, 0.4) is 0 Å². The summed E-state index contributed by atoms with van der Waals surface area (Å²) in [6.45, 7) is 0. The van der Waals surface area contributed by atoms with Crippen LogP contribution in [0, 0.1) is 0 Å². The number of halogens is 1. The highest BCUT2D eigenvalue weighted by Crippen LogP contribution is 2.16. The van der Waals surface area contributed by atoms with Crippen molar-refractivity contribution in [2.24, 2.45) is 0 Å². The lowest BCUT2D eigenvalue weighted by Gasteiger charge is -2.09. The second-order valence-corrected chi connectivity index (χ2v) is 4.26. The number of anilines is 1. The van der Waals surface area contributed by atoms with E-state index in [1.165, 1.54) is 0 Å². The Labute approximate surface area is 121 Å². The molecule has 0 aliphatic carbocycles. The van der Waals surface area contributed by atoms with Gasteiger partial charge in [-0.15, -0.1) is 0 Å². The van der Waals surface area contributed by atoms with Gasteiger partial charge in [0, 0.05) is 5.02 Å². The number of nitrogens with one attached hydrogen (secondary N) is 2. The quantitative estimate of drug-likeness (QED) is 0.847. The first-order chi connectivity index (χ1) is 9.67. The maximum Gasteiger partial charge on any atom is 0.431 e. The average Bonchev–Trinajstić information content (AvgIpc) is 2.48. The number of rotatable bonds is 4. The van der Waals surface area contributed by atoms with E-state index in [0.29, 0.717) is 16.5 Å². The van der Waals surface area contributed by atoms with Gasteiger partial charge in [-0.3, -0.25) is 5.43 Å². The topological polar surface area (TPSA) is 59.6 Å². The van der Waals surface area contributed by atoms with E-state index in [1.54, 1.807) is 55.6 Å². The van der Waals surface area contributed by atoms with E-state index in [0.717, 1.165) is 5.75 Å². The standard InChI is InChI=1S/C14H13ClN2O3/c1-19-12-8-4-11(5-9-12)16-17-14(18)20-13-6-2-10(15)3-7-13/h2-9,16H,1H3,(H,17,18). The summed E-state index contributed by atoms with van der Waals surface area (Å²) in [5.41, 5.74) is 5.84. The summed E-state index contributed by atoms with van der Waals surface area (Å²) in [7, 11) is 1.59. The van der Waals surface area contributed by atoms with Gasteiger partial charge in [-0.05, 0) is 48.5 Å². The van der Waals surface area contributed by atoms with Gasteiger partial charge in [0.25, 0.3) is 0 Å². The predicted molar refractivity (Wildman–Crippen MR) is 77.2 cm³/mol. The number of benzene rings is 2. The Morgan fingerprint density at radius 2 is 1.60 bits per heavy atom. The lowest BCUT2D eigenvalue weighted by atomic mass is 10.3. The molecule has 0 radical (unpaired) electrons. The summed E-state index contributed by atoms with van der Waals surface area (Å²) in [5, 5.41) is 0.578. The third kappa shape index (κ3) is 4.07. The van der Waals surface area contributed by atoms with Crippen LogP contribution in [0.15, 0.2) is 48.5 Å². The fourth-order valence-corrected chi connectivity index (χ4v) is 1.56. The molecule has 0 heterocycles. The van der Waals surface area contributed by atoms with Crippen molar-refractivity contribution < 1.29 is 14.3 Å². The zero-order valence-electron chi connectivity index (χ0n) is 10.7. The highest BCUT2D eigenvalue weighted by Gasteiger charge is 2.03. The Kier molecular flexibility index (Phi) is 4.68. The Morgan fingerprint density at radius 3 is 2.20 bits per heavy atom. The monoisotopic (exact) mass is 292 g/mol. The normalized spacial score (nSPS) is 9.70. The fraction of sp³-hybridized carbons (Fsp3) is 0.0714. The highest BCUT2D eigenvalue weighted by atomic mass is 35.5. The van der Waals surface area contributed by atoms with Crippen LogP contribution in [-0.2, 0) is 0 Å². The Hall–Kier alpha value is -2.40. The van der Waals surface area contributed by atoms with Gasteiger partial charge in [0.05, 0.1) is 12.8 Å². The lowest BCUT2D eigenvalue weighted by molar-refractivity contribution is 0.203. The molecular formula is C14H13ClN2O3. The summed E-state index contributed by atoms with van der Waals surface area (Å²) in [4.78, 5) is 11.5. The zero-order valence-corrected chi connectivity index (χ0v) is 11.5. The number of hydrogen-bond acceptors (Lipinski definition) is 4. The summed E-state index contributed by atoms with van der Waals surface area (Å²) in [6.07, 6.45) is -0.622. The SMILES string of the molecule is COc1ccc(NNC(=O)Oc2ccc(Cl)cc2)cc1. The first kappa shape index (κ1) is 14.0. The van der Waals surface area contributed by atoms with Gasteiger partial charge in [0.2, 0.25) is 0 Å². The van der Waals surface area contributed by atoms with Crippen molar-refractivity contribution in [1.29, 1.82) is 0 Å². The first-order valence-corrected chi connectivity index (χ1v) is 6.18. The summed E-state index contributed by atoms with van der Waals surface area (Å²) >= 11 is 5.74. The van der Waals surface area contributed by atoms with Gasteiger partial charge < -0.3 is 9.47 Å². The minimum absolute atomic E-state index is 0.406. The molecule has 0 aliphatic heterocycles. The first-order valence-electron chi connectivity index (χ1n) is 5.81. The van der Waals surface area contributed by atoms with Crippen molar-refractivity contribution in [1.82, 2.24) is 5.43 Å². The molecule has 104 valence electrons. The molecule has 2 rings (SSSR count). The van der Waals surface area contributed by atoms with Gasteiger partial charge in [-0.25, -0.2) is 10.2 Å². The molecule has 1 amide bonds. The van der Waals surface area contributed by atoms with Gasteiger partial charge in [0.15, 0.2) is 0 Å². The number of carbonyl (C=O) groups is 1. The second kappa shape index (κ2) is 6.68. The molecule has 0 aromatic heterocycles. The molecule has 20 heavy (non-hydrogen) atoms. The minimum Gasteiger partial charge on any atom is -0.497 e. The molecule has 0 aliphatic rings. The van der Waals surface area contributed by atoms with Crippen molar-refractivity contribution in [3.63, 3.8) is 0 Å². The molecule has 6 heteroatoms. The van der Waals surface area contributed by atoms with Crippen molar-refractivity contribution in [3.8, 4) is 11.5 Å². The van der Waals surface area contributed by atoms with E-state index >= 15 is 0 Å². The van der Waals surface area contributed by atoms with Crippen LogP contribution in [0.4, 0.5) is 10.5 Å². The smallest absolute Gasteiger partial charge is 0.431 e. The molecule has 0 atom stereocenters. The molecule has 0 spiro atoms. The summed E-state index contributed by atoms with van der Waals surface area (Å²) < 4.78 is 10.1. The second-order valence-electron chi connectivity index (χ2n) is 3.82. The van der Waals surface area contributed by atoms with Crippen LogP contribution < -0.4 is 20.3 Å². The van der Waals surface area contributed by atoms with Gasteiger partial charge >= 0.3 is 6.09 Å². The van der Waals surface area contributed by atoms with Crippen LogP contribution in [0.5, 0.6) is 11.5 Å². The van der Waals surface area contributed by atoms with Crippen molar-refractivity contribution >= 4 is 23.4 Å². The van der Waals surface area contributed by atoms with Gasteiger partial charge in [0.1, 0.15) is 11.5 Å². The zero-order chi connectivity index (χ0) is 14.4. The molecule has 0 unspecified atom stereocenters. The molecule has 0 saturated heterocycles. The molecule has 0 saturated carbocycles. The Balaban J connectivity index is 1.83. The molecule has 5 nitrogen and oxygen atoms in total. The Bertz CT molecular complexity index is 570. The number of amides is 1. The molecule has 2 N–H and O–H groups in total. The number of hydrazine groups is 1. The van der Waals surface area contributed by atoms with Gasteiger partial charge in [-0.1, -0.05) is 11.6 Å². The van der Waals surface area contributed by atoms with E-state index in [1.807, 2.05) is 0 Å². The molecule has 2 aromatic carbocycles. The maximum absolute atomic E-state index is 11.5. The summed E-state index contributed by atoms with van der Waals surface area (Å²) in [5.74, 6) is 1.14. The summed E-state index contributed by atoms with van der Waals surface area (Å²) in [6, 6.07) is 13.6. The number of ether oxygens (including phenoxy) is 2. The van der Waals surface area contributed by atoms with E-state index in [4.69, 9.17) is 21.1 Å². The number of hydrogen-bond donors (Lipinski definition) is 2. The highest BCUT2D eigenvalue weighted by molar-refractivity contribution is 6.30. The fourth-order valence-electron chi connectivity index (χ4n) is 1.43. The third-order valence-corrected chi connectivity index (χ3v) is 2.68. The van der Waals surface area contributed by atoms with E-state index < -0.39 is 6.09 Å². The predicted octanol–water partition coefficient (Wildman–Crippen LogP) is 3.46. The van der Waals surface area contributed by atoms with Gasteiger partial charge in [-0.2, -0.15) is 0 Å². The average molecular weight is 293 g/mol. The number of carbonyl (C=O) groups excluding carboxylic acids is 1. The van der Waals surface area contributed by atoms with Crippen molar-refractivity contribution in [2.75, 3.05) is 12.5 Å².